The van der Waals surface area contributed by atoms with Gasteiger partial charge < -0.3 is 10.6 Å². The van der Waals surface area contributed by atoms with Crippen molar-refractivity contribution in [1.29, 1.82) is 0 Å². The van der Waals surface area contributed by atoms with Crippen molar-refractivity contribution < 1.29 is 13.2 Å². The minimum Gasteiger partial charge on any atom is -0.337 e. The Morgan fingerprint density at radius 2 is 2.09 bits per heavy atom. The van der Waals surface area contributed by atoms with E-state index < -0.39 is 9.84 Å². The average Bonchev–Trinajstić information content (AvgIpc) is 3.10. The maximum Gasteiger partial charge on any atom is 0.314 e. The quantitative estimate of drug-likeness (QED) is 0.779. The first-order valence-electron chi connectivity index (χ1n) is 7.42. The molecule has 8 heteroatoms. The number of hydrogen-bond acceptors (Lipinski definition) is 5. The second-order valence-corrected chi connectivity index (χ2v) is 8.78. The standard InChI is InChI=1S/C14H23N3O3S2/c1-22(19,20)10-6-15-14(18)16-11-12(13-5-4-9-21-13)17-7-2-3-8-17/h4-5,9,12H,2-3,6-8,10-11H2,1H3,(H2,15,16,18). The number of carbonyl (C=O) groups is 1. The first kappa shape index (κ1) is 17.2. The van der Waals surface area contributed by atoms with Gasteiger partial charge in [-0.15, -0.1) is 11.3 Å². The zero-order valence-electron chi connectivity index (χ0n) is 12.7. The first-order valence-corrected chi connectivity index (χ1v) is 10.4. The van der Waals surface area contributed by atoms with E-state index in [1.165, 1.54) is 17.7 Å². The van der Waals surface area contributed by atoms with Gasteiger partial charge in [0.2, 0.25) is 0 Å². The molecule has 1 aromatic heterocycles. The molecule has 1 saturated heterocycles. The fourth-order valence-electron chi connectivity index (χ4n) is 2.55. The number of nitrogens with one attached hydrogen (secondary N) is 2. The van der Waals surface area contributed by atoms with Crippen molar-refractivity contribution in [2.24, 2.45) is 0 Å². The molecule has 0 aliphatic carbocycles. The number of thiophene rings is 1. The zero-order valence-corrected chi connectivity index (χ0v) is 14.4. The van der Waals surface area contributed by atoms with Crippen molar-refractivity contribution in [3.8, 4) is 0 Å². The Bertz CT molecular complexity index is 566. The second kappa shape index (κ2) is 7.94. The van der Waals surface area contributed by atoms with Crippen molar-refractivity contribution in [2.75, 3.05) is 38.2 Å². The van der Waals surface area contributed by atoms with Gasteiger partial charge in [-0.05, 0) is 37.4 Å². The maximum atomic E-state index is 11.8. The van der Waals surface area contributed by atoms with Crippen LogP contribution in [0.5, 0.6) is 0 Å². The van der Waals surface area contributed by atoms with E-state index >= 15 is 0 Å². The zero-order chi connectivity index (χ0) is 16.0. The number of nitrogens with zero attached hydrogens (tertiary/aromatic N) is 1. The molecular weight excluding hydrogens is 322 g/mol. The molecule has 0 saturated carbocycles. The van der Waals surface area contributed by atoms with Crippen LogP contribution in [0.2, 0.25) is 0 Å². The number of urea groups is 1. The van der Waals surface area contributed by atoms with Gasteiger partial charge in [-0.2, -0.15) is 0 Å². The fourth-order valence-corrected chi connectivity index (χ4v) is 3.88. The molecule has 1 atom stereocenters. The Morgan fingerprint density at radius 3 is 2.68 bits per heavy atom. The van der Waals surface area contributed by atoms with Crippen LogP contribution >= 0.6 is 11.3 Å². The smallest absolute Gasteiger partial charge is 0.314 e. The van der Waals surface area contributed by atoms with Crippen LogP contribution in [0, 0.1) is 0 Å². The van der Waals surface area contributed by atoms with Crippen molar-refractivity contribution >= 4 is 27.2 Å². The highest BCUT2D eigenvalue weighted by Crippen LogP contribution is 2.27. The monoisotopic (exact) mass is 345 g/mol. The number of hydrogen-bond donors (Lipinski definition) is 2. The Hall–Kier alpha value is -1.12. The summed E-state index contributed by atoms with van der Waals surface area (Å²) in [5.41, 5.74) is 0. The molecule has 1 aliphatic rings. The van der Waals surface area contributed by atoms with E-state index in [1.54, 1.807) is 11.3 Å². The van der Waals surface area contributed by atoms with Crippen molar-refractivity contribution in [3.05, 3.63) is 22.4 Å². The molecule has 1 aliphatic heterocycles. The van der Waals surface area contributed by atoms with Crippen LogP contribution < -0.4 is 10.6 Å². The van der Waals surface area contributed by atoms with Gasteiger partial charge in [-0.1, -0.05) is 6.07 Å². The highest BCUT2D eigenvalue weighted by molar-refractivity contribution is 7.90. The number of rotatable bonds is 7. The lowest BCUT2D eigenvalue weighted by molar-refractivity contribution is 0.223. The molecule has 6 nitrogen and oxygen atoms in total. The highest BCUT2D eigenvalue weighted by Gasteiger charge is 2.24. The lowest BCUT2D eigenvalue weighted by Crippen LogP contribution is -2.42. The summed E-state index contributed by atoms with van der Waals surface area (Å²) in [5, 5.41) is 7.49. The molecule has 124 valence electrons. The van der Waals surface area contributed by atoms with Gasteiger partial charge in [0.1, 0.15) is 9.84 Å². The number of carbonyl (C=O) groups excluding carboxylic acids is 1. The van der Waals surface area contributed by atoms with Gasteiger partial charge in [0.15, 0.2) is 0 Å². The molecular formula is C14H23N3O3S2. The second-order valence-electron chi connectivity index (χ2n) is 5.54. The molecule has 2 N–H and O–H groups in total. The predicted octanol–water partition coefficient (Wildman–Crippen LogP) is 1.23. The summed E-state index contributed by atoms with van der Waals surface area (Å²) < 4.78 is 22.1. The third kappa shape index (κ3) is 5.58. The van der Waals surface area contributed by atoms with Gasteiger partial charge in [0.05, 0.1) is 11.8 Å². The molecule has 0 radical (unpaired) electrons. The summed E-state index contributed by atoms with van der Waals surface area (Å²) in [7, 11) is -3.05. The van der Waals surface area contributed by atoms with Crippen molar-refractivity contribution in [1.82, 2.24) is 15.5 Å². The van der Waals surface area contributed by atoms with Gasteiger partial charge >= 0.3 is 6.03 Å². The van der Waals surface area contributed by atoms with Crippen LogP contribution in [0.15, 0.2) is 17.5 Å². The summed E-state index contributed by atoms with van der Waals surface area (Å²) in [5.74, 6) is -0.0408. The van der Waals surface area contributed by atoms with Crippen LogP contribution in [0.25, 0.3) is 0 Å². The van der Waals surface area contributed by atoms with E-state index in [-0.39, 0.29) is 24.4 Å². The number of likely N-dealkylation sites (tertiary alicyclic amines) is 1. The van der Waals surface area contributed by atoms with Crippen LogP contribution in [0.1, 0.15) is 23.8 Å². The molecule has 2 heterocycles. The summed E-state index contributed by atoms with van der Waals surface area (Å²) >= 11 is 1.70. The Balaban J connectivity index is 1.82. The van der Waals surface area contributed by atoms with E-state index in [0.29, 0.717) is 6.54 Å². The largest absolute Gasteiger partial charge is 0.337 e. The molecule has 1 fully saturated rings. The van der Waals surface area contributed by atoms with Crippen LogP contribution in [-0.2, 0) is 9.84 Å². The minimum absolute atomic E-state index is 0.0408. The molecule has 2 amide bonds. The van der Waals surface area contributed by atoms with Gasteiger partial charge in [0.25, 0.3) is 0 Å². The first-order chi connectivity index (χ1) is 10.5. The summed E-state index contributed by atoms with van der Waals surface area (Å²) in [6, 6.07) is 4.00. The summed E-state index contributed by atoms with van der Waals surface area (Å²) in [6.07, 6.45) is 3.55. The van der Waals surface area contributed by atoms with E-state index in [0.717, 1.165) is 19.3 Å². The predicted molar refractivity (Wildman–Crippen MR) is 89.0 cm³/mol. The van der Waals surface area contributed by atoms with E-state index in [2.05, 4.69) is 21.6 Å². The summed E-state index contributed by atoms with van der Waals surface area (Å²) in [6.45, 7) is 2.78. The molecule has 1 unspecified atom stereocenters. The van der Waals surface area contributed by atoms with Gasteiger partial charge in [-0.25, -0.2) is 13.2 Å². The Morgan fingerprint density at radius 1 is 1.36 bits per heavy atom. The van der Waals surface area contributed by atoms with E-state index in [1.807, 2.05) is 11.4 Å². The minimum atomic E-state index is -3.05. The number of sulfone groups is 1. The SMILES string of the molecule is CS(=O)(=O)CCNC(=O)NCC(c1cccs1)N1CCCC1. The lowest BCUT2D eigenvalue weighted by atomic mass is 10.2. The molecule has 22 heavy (non-hydrogen) atoms. The molecule has 2 rings (SSSR count). The van der Waals surface area contributed by atoms with Gasteiger partial charge in [0, 0.05) is 24.2 Å². The molecule has 0 bridgehead atoms. The van der Waals surface area contributed by atoms with Crippen molar-refractivity contribution in [3.63, 3.8) is 0 Å². The molecule has 1 aromatic rings. The van der Waals surface area contributed by atoms with E-state index in [4.69, 9.17) is 0 Å². The third-order valence-electron chi connectivity index (χ3n) is 3.67. The van der Waals surface area contributed by atoms with E-state index in [9.17, 15) is 13.2 Å². The average molecular weight is 345 g/mol. The Kier molecular flexibility index (Phi) is 6.22. The van der Waals surface area contributed by atoms with Crippen LogP contribution in [0.4, 0.5) is 4.79 Å². The Labute approximate surface area is 135 Å². The lowest BCUT2D eigenvalue weighted by Gasteiger charge is -2.26. The van der Waals surface area contributed by atoms with Crippen LogP contribution in [0.3, 0.4) is 0 Å². The van der Waals surface area contributed by atoms with Crippen molar-refractivity contribution in [2.45, 2.75) is 18.9 Å². The topological polar surface area (TPSA) is 78.5 Å². The third-order valence-corrected chi connectivity index (χ3v) is 5.59. The fraction of sp³-hybridized carbons (Fsp3) is 0.643. The van der Waals surface area contributed by atoms with Crippen LogP contribution in [-0.4, -0.2) is 57.5 Å². The number of amides is 2. The molecule has 0 aromatic carbocycles. The van der Waals surface area contributed by atoms with Gasteiger partial charge in [-0.3, -0.25) is 4.90 Å². The normalized spacial score (nSPS) is 17.3. The maximum absolute atomic E-state index is 11.8. The molecule has 0 spiro atoms. The highest BCUT2D eigenvalue weighted by atomic mass is 32.2. The summed E-state index contributed by atoms with van der Waals surface area (Å²) in [4.78, 5) is 15.4.